The van der Waals surface area contributed by atoms with Gasteiger partial charge in [-0.15, -0.1) is 0 Å². The van der Waals surface area contributed by atoms with E-state index in [-0.39, 0.29) is 25.8 Å². The van der Waals surface area contributed by atoms with E-state index >= 15 is 0 Å². The third kappa shape index (κ3) is 30.7. The molecule has 0 aliphatic carbocycles. The van der Waals surface area contributed by atoms with Crippen LogP contribution in [0.2, 0.25) is 0 Å². The zero-order chi connectivity index (χ0) is 31.4. The van der Waals surface area contributed by atoms with Crippen molar-refractivity contribution in [1.82, 2.24) is 0 Å². The first-order chi connectivity index (χ1) is 20.1. The number of esters is 1. The Morgan fingerprint density at radius 1 is 0.714 bits per heavy atom. The minimum absolute atomic E-state index is 0.0261. The van der Waals surface area contributed by atoms with Crippen LogP contribution in [0.4, 0.5) is 0 Å². The summed E-state index contributed by atoms with van der Waals surface area (Å²) in [5.41, 5.74) is 0. The molecule has 0 amide bonds. The molecule has 0 bridgehead atoms. The summed E-state index contributed by atoms with van der Waals surface area (Å²) in [5, 5.41) is 0. The molecule has 0 aromatic heterocycles. The molecule has 2 unspecified atom stereocenters. The number of carbonyl (C=O) groups is 1. The first-order valence-electron chi connectivity index (χ1n) is 16.9. The van der Waals surface area contributed by atoms with Gasteiger partial charge in [-0.1, -0.05) is 103 Å². The predicted molar refractivity (Wildman–Crippen MR) is 171 cm³/mol. The van der Waals surface area contributed by atoms with Crippen LogP contribution in [-0.4, -0.2) is 70.7 Å². The van der Waals surface area contributed by atoms with Crippen LogP contribution < -0.4 is 4.89 Å². The average Bonchev–Trinajstić information content (AvgIpc) is 2.92. The van der Waals surface area contributed by atoms with E-state index in [1.165, 1.54) is 83.5 Å². The molecule has 0 fully saturated rings. The number of hydrogen-bond donors (Lipinski definition) is 0. The van der Waals surface area contributed by atoms with Crippen LogP contribution in [-0.2, 0) is 27.9 Å². The van der Waals surface area contributed by atoms with Crippen molar-refractivity contribution in [3.63, 3.8) is 0 Å². The normalized spacial score (nSPS) is 14.3. The number of quaternary nitrogens is 1. The number of phosphoric acid groups is 1. The van der Waals surface area contributed by atoms with E-state index < -0.39 is 13.9 Å². The molecule has 0 rings (SSSR count). The summed E-state index contributed by atoms with van der Waals surface area (Å²) < 4.78 is 33.9. The van der Waals surface area contributed by atoms with E-state index in [1.54, 1.807) is 0 Å². The summed E-state index contributed by atoms with van der Waals surface area (Å²) in [6.45, 7) is 5.21. The molecular weight excluding hydrogens is 553 g/mol. The number of hydrogen-bond acceptors (Lipinski definition) is 7. The van der Waals surface area contributed by atoms with Crippen molar-refractivity contribution in [3.8, 4) is 0 Å². The van der Waals surface area contributed by atoms with Crippen molar-refractivity contribution in [2.45, 2.75) is 142 Å². The van der Waals surface area contributed by atoms with Gasteiger partial charge in [0.25, 0.3) is 7.82 Å². The smallest absolute Gasteiger partial charge is 0.306 e. The van der Waals surface area contributed by atoms with Gasteiger partial charge < -0.3 is 27.9 Å². The monoisotopic (exact) mass is 619 g/mol. The van der Waals surface area contributed by atoms with Crippen LogP contribution in [0.5, 0.6) is 0 Å². The van der Waals surface area contributed by atoms with Gasteiger partial charge in [0.15, 0.2) is 0 Å². The Kier molecular flexibility index (Phi) is 27.3. The van der Waals surface area contributed by atoms with E-state index in [0.717, 1.165) is 32.1 Å². The van der Waals surface area contributed by atoms with Gasteiger partial charge in [0.1, 0.15) is 19.3 Å². The first kappa shape index (κ1) is 41.2. The fraction of sp³-hybridized carbons (Fsp3) is 0.909. The molecule has 0 spiro atoms. The van der Waals surface area contributed by atoms with Crippen LogP contribution in [0.3, 0.4) is 0 Å². The highest BCUT2D eigenvalue weighted by Crippen LogP contribution is 2.38. The summed E-state index contributed by atoms with van der Waals surface area (Å²) in [4.78, 5) is 24.4. The van der Waals surface area contributed by atoms with Crippen molar-refractivity contribution in [3.05, 3.63) is 12.2 Å². The largest absolute Gasteiger partial charge is 0.756 e. The molecule has 0 aliphatic rings. The molecule has 8 nitrogen and oxygen atoms in total. The number of carbonyl (C=O) groups excluding carboxylic acids is 1. The van der Waals surface area contributed by atoms with Gasteiger partial charge in [-0.3, -0.25) is 9.36 Å². The van der Waals surface area contributed by atoms with E-state index in [9.17, 15) is 14.3 Å². The minimum Gasteiger partial charge on any atom is -0.756 e. The Morgan fingerprint density at radius 3 is 1.81 bits per heavy atom. The van der Waals surface area contributed by atoms with E-state index in [1.807, 2.05) is 21.1 Å². The standard InChI is InChI=1S/C33H66NO7P/c1-6-8-10-11-12-13-14-15-16-17-18-19-20-21-22-23-25-28-38-30-32(41-33(35)26-24-9-7-2)31-40-42(36,37)39-29-27-34(3,4)5/h16-17,32H,6-15,18-31H2,1-5H3/b17-16-. The van der Waals surface area contributed by atoms with Crippen LogP contribution in [0.1, 0.15) is 136 Å². The maximum Gasteiger partial charge on any atom is 0.306 e. The third-order valence-corrected chi connectivity index (χ3v) is 8.03. The average molecular weight is 620 g/mol. The highest BCUT2D eigenvalue weighted by Gasteiger charge is 2.20. The summed E-state index contributed by atoms with van der Waals surface area (Å²) in [7, 11) is 1.35. The van der Waals surface area contributed by atoms with Crippen LogP contribution in [0, 0.1) is 0 Å². The maximum absolute atomic E-state index is 12.2. The Labute approximate surface area is 259 Å². The molecule has 0 saturated carbocycles. The second-order valence-electron chi connectivity index (χ2n) is 12.5. The predicted octanol–water partition coefficient (Wildman–Crippen LogP) is 8.13. The van der Waals surface area contributed by atoms with Gasteiger partial charge in [-0.2, -0.15) is 0 Å². The molecule has 2 atom stereocenters. The molecular formula is C33H66NO7P. The number of allylic oxidation sites excluding steroid dienone is 2. The van der Waals surface area contributed by atoms with Crippen molar-refractivity contribution in [2.24, 2.45) is 0 Å². The number of rotatable bonds is 31. The number of likely N-dealkylation sites (N-methyl/N-ethyl adjacent to an activating group) is 1. The quantitative estimate of drug-likeness (QED) is 0.0254. The highest BCUT2D eigenvalue weighted by molar-refractivity contribution is 7.45. The number of nitrogens with zero attached hydrogens (tertiary/aromatic N) is 1. The lowest BCUT2D eigenvalue weighted by Gasteiger charge is -2.28. The second-order valence-corrected chi connectivity index (χ2v) is 13.9. The Balaban J connectivity index is 4.04. The number of ether oxygens (including phenoxy) is 2. The number of unbranched alkanes of at least 4 members (excludes halogenated alkanes) is 15. The van der Waals surface area contributed by atoms with Gasteiger partial charge in [-0.05, 0) is 38.5 Å². The Bertz CT molecular complexity index is 696. The SMILES string of the molecule is CCCCCCCCC/C=C\CCCCCCCCOCC(COP(=O)([O-])OCC[N+](C)(C)C)OC(=O)CCCCC. The maximum atomic E-state index is 12.2. The molecule has 0 aliphatic heterocycles. The summed E-state index contributed by atoms with van der Waals surface area (Å²) in [6.07, 6.45) is 25.8. The molecule has 0 N–H and O–H groups in total. The second kappa shape index (κ2) is 27.8. The fourth-order valence-electron chi connectivity index (χ4n) is 4.36. The van der Waals surface area contributed by atoms with E-state index in [0.29, 0.717) is 24.1 Å². The van der Waals surface area contributed by atoms with Gasteiger partial charge in [-0.25, -0.2) is 0 Å². The molecule has 9 heteroatoms. The van der Waals surface area contributed by atoms with Crippen molar-refractivity contribution in [2.75, 3.05) is 54.1 Å². The summed E-state index contributed by atoms with van der Waals surface area (Å²) in [6, 6.07) is 0. The molecule has 0 heterocycles. The lowest BCUT2D eigenvalue weighted by atomic mass is 10.1. The molecule has 0 aromatic carbocycles. The Morgan fingerprint density at radius 2 is 1.24 bits per heavy atom. The van der Waals surface area contributed by atoms with Crippen molar-refractivity contribution < 1.29 is 37.3 Å². The molecule has 0 radical (unpaired) electrons. The minimum atomic E-state index is -4.49. The lowest BCUT2D eigenvalue weighted by molar-refractivity contribution is -0.870. The molecule has 250 valence electrons. The highest BCUT2D eigenvalue weighted by atomic mass is 31.2. The first-order valence-corrected chi connectivity index (χ1v) is 18.4. The Hall–Kier alpha value is -0.760. The third-order valence-electron chi connectivity index (χ3n) is 7.07. The van der Waals surface area contributed by atoms with E-state index in [4.69, 9.17) is 18.5 Å². The van der Waals surface area contributed by atoms with Gasteiger partial charge in [0.2, 0.25) is 0 Å². The zero-order valence-corrected chi connectivity index (χ0v) is 28.8. The molecule has 42 heavy (non-hydrogen) atoms. The van der Waals surface area contributed by atoms with Crippen LogP contribution in [0.25, 0.3) is 0 Å². The van der Waals surface area contributed by atoms with Gasteiger partial charge in [0, 0.05) is 13.0 Å². The summed E-state index contributed by atoms with van der Waals surface area (Å²) >= 11 is 0. The van der Waals surface area contributed by atoms with Gasteiger partial charge in [0.05, 0.1) is 34.4 Å². The summed E-state index contributed by atoms with van der Waals surface area (Å²) in [5.74, 6) is -0.361. The molecule has 0 aromatic rings. The fourth-order valence-corrected chi connectivity index (χ4v) is 5.09. The lowest BCUT2D eigenvalue weighted by Crippen LogP contribution is -2.37. The van der Waals surface area contributed by atoms with Crippen molar-refractivity contribution >= 4 is 13.8 Å². The molecule has 0 saturated heterocycles. The van der Waals surface area contributed by atoms with Crippen LogP contribution >= 0.6 is 7.82 Å². The van der Waals surface area contributed by atoms with Gasteiger partial charge >= 0.3 is 5.97 Å². The zero-order valence-electron chi connectivity index (χ0n) is 28.0. The topological polar surface area (TPSA) is 94.1 Å². The van der Waals surface area contributed by atoms with Crippen LogP contribution in [0.15, 0.2) is 12.2 Å². The van der Waals surface area contributed by atoms with Crippen molar-refractivity contribution in [1.29, 1.82) is 0 Å². The number of phosphoric ester groups is 1. The van der Waals surface area contributed by atoms with E-state index in [2.05, 4.69) is 26.0 Å².